The lowest BCUT2D eigenvalue weighted by Crippen LogP contribution is -2.08. The highest BCUT2D eigenvalue weighted by atomic mass is 19.2. The van der Waals surface area contributed by atoms with Crippen LogP contribution in [0.2, 0.25) is 0 Å². The molecule has 0 aliphatic heterocycles. The van der Waals surface area contributed by atoms with Crippen LogP contribution in [0.5, 0.6) is 0 Å². The smallest absolute Gasteiger partial charge is 0.339 e. The van der Waals surface area contributed by atoms with E-state index in [1.165, 1.54) is 6.07 Å². The van der Waals surface area contributed by atoms with Crippen LogP contribution in [0.1, 0.15) is 23.0 Å². The summed E-state index contributed by atoms with van der Waals surface area (Å²) in [6.07, 6.45) is 0. The molecule has 0 unspecified atom stereocenters. The highest BCUT2D eigenvalue weighted by Gasteiger charge is 2.13. The number of esters is 1. The van der Waals surface area contributed by atoms with Gasteiger partial charge >= 0.3 is 5.97 Å². The molecule has 0 fully saturated rings. The van der Waals surface area contributed by atoms with Gasteiger partial charge in [0, 0.05) is 5.56 Å². The van der Waals surface area contributed by atoms with Crippen molar-refractivity contribution in [2.45, 2.75) is 13.8 Å². The van der Waals surface area contributed by atoms with Gasteiger partial charge in [-0.25, -0.2) is 13.6 Å². The number of ether oxygens (including phenoxy) is 1. The van der Waals surface area contributed by atoms with Crippen molar-refractivity contribution in [1.29, 1.82) is 0 Å². The van der Waals surface area contributed by atoms with Gasteiger partial charge in [-0.1, -0.05) is 0 Å². The number of nitrogens with zero attached hydrogens (tertiary/aromatic N) is 1. The fourth-order valence-electron chi connectivity index (χ4n) is 1.80. The van der Waals surface area contributed by atoms with E-state index in [0.29, 0.717) is 22.5 Å². The highest BCUT2D eigenvalue weighted by molar-refractivity contribution is 5.90. The lowest BCUT2D eigenvalue weighted by atomic mass is 10.1. The van der Waals surface area contributed by atoms with Gasteiger partial charge in [-0.3, -0.25) is 4.98 Å². The molecular weight excluding hydrogens is 264 g/mol. The number of halogens is 2. The zero-order valence-corrected chi connectivity index (χ0v) is 11.1. The first-order valence-corrected chi connectivity index (χ1v) is 6.13. The molecule has 1 aromatic carbocycles. The maximum Gasteiger partial charge on any atom is 0.339 e. The summed E-state index contributed by atoms with van der Waals surface area (Å²) in [5, 5.41) is 0. The topological polar surface area (TPSA) is 39.2 Å². The third-order valence-electron chi connectivity index (χ3n) is 2.80. The van der Waals surface area contributed by atoms with Gasteiger partial charge in [-0.05, 0) is 44.2 Å². The second-order valence-electron chi connectivity index (χ2n) is 4.18. The van der Waals surface area contributed by atoms with E-state index in [2.05, 4.69) is 4.98 Å². The minimum Gasteiger partial charge on any atom is -0.462 e. The van der Waals surface area contributed by atoms with Gasteiger partial charge in [0.25, 0.3) is 0 Å². The Morgan fingerprint density at radius 1 is 1.20 bits per heavy atom. The lowest BCUT2D eigenvalue weighted by Gasteiger charge is -2.07. The predicted molar refractivity (Wildman–Crippen MR) is 70.3 cm³/mol. The van der Waals surface area contributed by atoms with E-state index in [-0.39, 0.29) is 6.61 Å². The van der Waals surface area contributed by atoms with Crippen molar-refractivity contribution in [3.63, 3.8) is 0 Å². The zero-order chi connectivity index (χ0) is 14.7. The summed E-state index contributed by atoms with van der Waals surface area (Å²) in [6, 6.07) is 6.69. The van der Waals surface area contributed by atoms with Crippen molar-refractivity contribution in [3.05, 3.63) is 53.2 Å². The maximum atomic E-state index is 13.2. The van der Waals surface area contributed by atoms with E-state index in [1.807, 2.05) is 0 Å². The average molecular weight is 277 g/mol. The third kappa shape index (κ3) is 2.82. The molecular formula is C15H13F2NO2. The van der Waals surface area contributed by atoms with Crippen molar-refractivity contribution in [2.24, 2.45) is 0 Å². The third-order valence-corrected chi connectivity index (χ3v) is 2.80. The van der Waals surface area contributed by atoms with Gasteiger partial charge in [-0.15, -0.1) is 0 Å². The summed E-state index contributed by atoms with van der Waals surface area (Å²) in [5.74, 6) is -2.29. The summed E-state index contributed by atoms with van der Waals surface area (Å²) in [4.78, 5) is 15.9. The van der Waals surface area contributed by atoms with E-state index >= 15 is 0 Å². The average Bonchev–Trinajstić information content (AvgIpc) is 2.42. The molecule has 0 bridgehead atoms. The molecule has 0 saturated heterocycles. The second-order valence-corrected chi connectivity index (χ2v) is 4.18. The Labute approximate surface area is 115 Å². The largest absolute Gasteiger partial charge is 0.462 e. The maximum absolute atomic E-state index is 13.2. The minimum absolute atomic E-state index is 0.281. The van der Waals surface area contributed by atoms with Crippen LogP contribution in [-0.2, 0) is 4.74 Å². The van der Waals surface area contributed by atoms with E-state index < -0.39 is 17.6 Å². The van der Waals surface area contributed by atoms with E-state index in [4.69, 9.17) is 4.74 Å². The Morgan fingerprint density at radius 2 is 1.95 bits per heavy atom. The second kappa shape index (κ2) is 5.77. The monoisotopic (exact) mass is 277 g/mol. The molecule has 0 spiro atoms. The molecule has 0 radical (unpaired) electrons. The fourth-order valence-corrected chi connectivity index (χ4v) is 1.80. The molecule has 0 N–H and O–H groups in total. The molecule has 104 valence electrons. The summed E-state index contributed by atoms with van der Waals surface area (Å²) in [7, 11) is 0. The predicted octanol–water partition coefficient (Wildman–Crippen LogP) is 3.51. The molecule has 20 heavy (non-hydrogen) atoms. The van der Waals surface area contributed by atoms with Gasteiger partial charge in [0.1, 0.15) is 0 Å². The number of carbonyl (C=O) groups excluding carboxylic acids is 1. The van der Waals surface area contributed by atoms with Crippen molar-refractivity contribution in [3.8, 4) is 11.3 Å². The van der Waals surface area contributed by atoms with Crippen molar-refractivity contribution in [1.82, 2.24) is 4.98 Å². The first-order chi connectivity index (χ1) is 9.52. The minimum atomic E-state index is -0.934. The normalized spacial score (nSPS) is 10.4. The number of hydrogen-bond acceptors (Lipinski definition) is 3. The summed E-state index contributed by atoms with van der Waals surface area (Å²) < 4.78 is 31.0. The standard InChI is InChI=1S/C15H13F2NO2/c1-3-20-15(19)11-5-7-14(18-9(11)2)10-4-6-12(16)13(17)8-10/h4-8H,3H2,1-2H3. The SMILES string of the molecule is CCOC(=O)c1ccc(-c2ccc(F)c(F)c2)nc1C. The van der Waals surface area contributed by atoms with Gasteiger partial charge in [-0.2, -0.15) is 0 Å². The van der Waals surface area contributed by atoms with Gasteiger partial charge in [0.15, 0.2) is 11.6 Å². The Morgan fingerprint density at radius 3 is 2.55 bits per heavy atom. The Bertz CT molecular complexity index is 656. The number of hydrogen-bond donors (Lipinski definition) is 0. The van der Waals surface area contributed by atoms with E-state index in [1.54, 1.807) is 26.0 Å². The number of pyridine rings is 1. The van der Waals surface area contributed by atoms with Gasteiger partial charge in [0.05, 0.1) is 23.6 Å². The molecule has 0 amide bonds. The van der Waals surface area contributed by atoms with Crippen LogP contribution in [-0.4, -0.2) is 17.6 Å². The number of aryl methyl sites for hydroxylation is 1. The van der Waals surface area contributed by atoms with Crippen LogP contribution in [0.15, 0.2) is 30.3 Å². The first-order valence-electron chi connectivity index (χ1n) is 6.13. The molecule has 5 heteroatoms. The molecule has 1 heterocycles. The van der Waals surface area contributed by atoms with Crippen LogP contribution >= 0.6 is 0 Å². The van der Waals surface area contributed by atoms with Crippen LogP contribution in [0.25, 0.3) is 11.3 Å². The molecule has 3 nitrogen and oxygen atoms in total. The lowest BCUT2D eigenvalue weighted by molar-refractivity contribution is 0.0525. The Kier molecular flexibility index (Phi) is 4.08. The Balaban J connectivity index is 2.37. The molecule has 2 aromatic rings. The molecule has 0 aliphatic rings. The molecule has 2 rings (SSSR count). The summed E-state index contributed by atoms with van der Waals surface area (Å²) in [5.41, 5.74) is 1.75. The van der Waals surface area contributed by atoms with Gasteiger partial charge < -0.3 is 4.74 Å². The number of benzene rings is 1. The van der Waals surface area contributed by atoms with Crippen molar-refractivity contribution >= 4 is 5.97 Å². The fraction of sp³-hybridized carbons (Fsp3) is 0.200. The number of carbonyl (C=O) groups is 1. The number of aromatic nitrogens is 1. The first kappa shape index (κ1) is 14.1. The zero-order valence-electron chi connectivity index (χ0n) is 11.1. The van der Waals surface area contributed by atoms with Crippen molar-refractivity contribution < 1.29 is 18.3 Å². The quantitative estimate of drug-likeness (QED) is 0.806. The summed E-state index contributed by atoms with van der Waals surface area (Å²) >= 11 is 0. The van der Waals surface area contributed by atoms with E-state index in [9.17, 15) is 13.6 Å². The molecule has 1 aromatic heterocycles. The molecule has 0 atom stereocenters. The van der Waals surface area contributed by atoms with Crippen LogP contribution in [0.4, 0.5) is 8.78 Å². The van der Waals surface area contributed by atoms with Crippen LogP contribution in [0.3, 0.4) is 0 Å². The molecule has 0 aliphatic carbocycles. The van der Waals surface area contributed by atoms with Crippen LogP contribution in [0, 0.1) is 18.6 Å². The number of rotatable bonds is 3. The highest BCUT2D eigenvalue weighted by Crippen LogP contribution is 2.21. The van der Waals surface area contributed by atoms with E-state index in [0.717, 1.165) is 12.1 Å². The molecule has 0 saturated carbocycles. The summed E-state index contributed by atoms with van der Waals surface area (Å²) in [6.45, 7) is 3.66. The van der Waals surface area contributed by atoms with Crippen molar-refractivity contribution in [2.75, 3.05) is 6.61 Å². The van der Waals surface area contributed by atoms with Crippen LogP contribution < -0.4 is 0 Å². The Hall–Kier alpha value is -2.30. The van der Waals surface area contributed by atoms with Gasteiger partial charge in [0.2, 0.25) is 0 Å².